The average molecular weight is 307 g/mol. The fourth-order valence-corrected chi connectivity index (χ4v) is 2.61. The third-order valence-corrected chi connectivity index (χ3v) is 3.77. The number of carbonyl (C=O) groups is 2. The molecule has 0 radical (unpaired) electrons. The number of nitrogens with zero attached hydrogens (tertiary/aromatic N) is 3. The molecule has 1 aromatic heterocycles. The van der Waals surface area contributed by atoms with Gasteiger partial charge >= 0.3 is 6.09 Å². The Morgan fingerprint density at radius 1 is 1.41 bits per heavy atom. The number of likely N-dealkylation sites (tertiary alicyclic amines) is 1. The number of hydrogen-bond acceptors (Lipinski definition) is 4. The lowest BCUT2D eigenvalue weighted by molar-refractivity contribution is -0.121. The molecule has 2 rings (SSSR count). The molecule has 1 aliphatic rings. The molecule has 0 N–H and O–H groups in total. The van der Waals surface area contributed by atoms with E-state index in [1.807, 2.05) is 38.5 Å². The van der Waals surface area contributed by atoms with Crippen molar-refractivity contribution in [2.75, 3.05) is 13.1 Å². The number of aryl methyl sites for hydroxylation is 1. The SMILES string of the molecule is CCn1ccnc1CC(=O)C1CCN(C(=O)OC(C)(C)C)C1. The second-order valence-electron chi connectivity index (χ2n) is 6.68. The second-order valence-corrected chi connectivity index (χ2v) is 6.68. The van der Waals surface area contributed by atoms with Gasteiger partial charge in [0, 0.05) is 37.9 Å². The molecule has 1 saturated heterocycles. The Kier molecular flexibility index (Phi) is 4.88. The van der Waals surface area contributed by atoms with Crippen LogP contribution in [0.5, 0.6) is 0 Å². The van der Waals surface area contributed by atoms with Crippen LogP contribution in [0.25, 0.3) is 0 Å². The molecule has 1 atom stereocenters. The summed E-state index contributed by atoms with van der Waals surface area (Å²) in [7, 11) is 0. The van der Waals surface area contributed by atoms with E-state index in [1.54, 1.807) is 11.1 Å². The van der Waals surface area contributed by atoms with Crippen LogP contribution in [0.1, 0.15) is 39.9 Å². The maximum Gasteiger partial charge on any atom is 0.410 e. The Balaban J connectivity index is 1.90. The molecule has 22 heavy (non-hydrogen) atoms. The number of amides is 1. The summed E-state index contributed by atoms with van der Waals surface area (Å²) in [5, 5.41) is 0. The number of rotatable bonds is 4. The van der Waals surface area contributed by atoms with E-state index in [0.717, 1.165) is 12.4 Å². The fraction of sp³-hybridized carbons (Fsp3) is 0.688. The molecule has 122 valence electrons. The average Bonchev–Trinajstić information content (AvgIpc) is 3.05. The molecule has 6 heteroatoms. The van der Waals surface area contributed by atoms with Crippen molar-refractivity contribution in [1.29, 1.82) is 0 Å². The number of carbonyl (C=O) groups excluding carboxylic acids is 2. The van der Waals surface area contributed by atoms with Gasteiger partial charge in [-0.1, -0.05) is 0 Å². The Morgan fingerprint density at radius 2 is 2.14 bits per heavy atom. The predicted molar refractivity (Wildman–Crippen MR) is 82.5 cm³/mol. The standard InChI is InChI=1S/C16H25N3O3/c1-5-18-9-7-17-14(18)10-13(20)12-6-8-19(11-12)15(21)22-16(2,3)4/h7,9,12H,5-6,8,10-11H2,1-4H3. The summed E-state index contributed by atoms with van der Waals surface area (Å²) in [4.78, 5) is 30.3. The lowest BCUT2D eigenvalue weighted by atomic mass is 10.0. The molecule has 1 fully saturated rings. The van der Waals surface area contributed by atoms with Gasteiger partial charge in [0.15, 0.2) is 0 Å². The topological polar surface area (TPSA) is 64.4 Å². The number of ether oxygens (including phenoxy) is 1. The first-order valence-corrected chi connectivity index (χ1v) is 7.81. The Hall–Kier alpha value is -1.85. The van der Waals surface area contributed by atoms with E-state index in [1.165, 1.54) is 0 Å². The number of hydrogen-bond donors (Lipinski definition) is 0. The second kappa shape index (κ2) is 6.50. The van der Waals surface area contributed by atoms with Gasteiger partial charge in [-0.25, -0.2) is 9.78 Å². The van der Waals surface area contributed by atoms with Crippen LogP contribution in [-0.4, -0.2) is 45.0 Å². The summed E-state index contributed by atoms with van der Waals surface area (Å²) in [6, 6.07) is 0. The number of imidazole rings is 1. The zero-order valence-corrected chi connectivity index (χ0v) is 13.8. The summed E-state index contributed by atoms with van der Waals surface area (Å²) in [5.41, 5.74) is -0.509. The van der Waals surface area contributed by atoms with Crippen molar-refractivity contribution in [3.63, 3.8) is 0 Å². The van der Waals surface area contributed by atoms with E-state index < -0.39 is 5.60 Å². The molecule has 1 amide bonds. The summed E-state index contributed by atoms with van der Waals surface area (Å²) in [5.74, 6) is 0.824. The number of Topliss-reactive ketones (excluding diaryl/α,β-unsaturated/α-hetero) is 1. The minimum absolute atomic E-state index is 0.116. The maximum absolute atomic E-state index is 12.4. The van der Waals surface area contributed by atoms with Crippen LogP contribution in [-0.2, 0) is 22.5 Å². The predicted octanol–water partition coefficient (Wildman–Crippen LogP) is 2.27. The highest BCUT2D eigenvalue weighted by Gasteiger charge is 2.33. The van der Waals surface area contributed by atoms with Crippen molar-refractivity contribution in [3.05, 3.63) is 18.2 Å². The van der Waals surface area contributed by atoms with Gasteiger partial charge in [0.1, 0.15) is 17.2 Å². The Labute approximate surface area is 131 Å². The van der Waals surface area contributed by atoms with Crippen molar-refractivity contribution < 1.29 is 14.3 Å². The first-order chi connectivity index (χ1) is 10.3. The molecule has 1 aromatic rings. The Bertz CT molecular complexity index is 545. The summed E-state index contributed by atoms with van der Waals surface area (Å²) < 4.78 is 7.32. The highest BCUT2D eigenvalue weighted by Crippen LogP contribution is 2.21. The monoisotopic (exact) mass is 307 g/mol. The van der Waals surface area contributed by atoms with E-state index >= 15 is 0 Å². The van der Waals surface area contributed by atoms with Gasteiger partial charge in [-0.15, -0.1) is 0 Å². The molecule has 6 nitrogen and oxygen atoms in total. The Morgan fingerprint density at radius 3 is 2.77 bits per heavy atom. The van der Waals surface area contributed by atoms with Gasteiger partial charge in [-0.3, -0.25) is 4.79 Å². The molecule has 2 heterocycles. The van der Waals surface area contributed by atoms with Gasteiger partial charge in [0.2, 0.25) is 0 Å². The summed E-state index contributed by atoms with van der Waals surface area (Å²) in [6.45, 7) is 9.37. The highest BCUT2D eigenvalue weighted by atomic mass is 16.6. The number of ketones is 1. The molecule has 0 saturated carbocycles. The third-order valence-electron chi connectivity index (χ3n) is 3.77. The van der Waals surface area contributed by atoms with E-state index in [-0.39, 0.29) is 17.8 Å². The van der Waals surface area contributed by atoms with Crippen molar-refractivity contribution in [2.45, 2.75) is 52.7 Å². The lowest BCUT2D eigenvalue weighted by Crippen LogP contribution is -2.36. The van der Waals surface area contributed by atoms with Crippen LogP contribution in [0.3, 0.4) is 0 Å². The molecule has 0 bridgehead atoms. The van der Waals surface area contributed by atoms with Gasteiger partial charge in [0.25, 0.3) is 0 Å². The summed E-state index contributed by atoms with van der Waals surface area (Å²) >= 11 is 0. The van der Waals surface area contributed by atoms with Crippen LogP contribution in [0.2, 0.25) is 0 Å². The largest absolute Gasteiger partial charge is 0.444 e. The van der Waals surface area contributed by atoms with Gasteiger partial charge in [0.05, 0.1) is 6.42 Å². The minimum atomic E-state index is -0.509. The van der Waals surface area contributed by atoms with Crippen LogP contribution in [0, 0.1) is 5.92 Å². The van der Waals surface area contributed by atoms with Crippen molar-refractivity contribution in [3.8, 4) is 0 Å². The molecule has 0 spiro atoms. The van der Waals surface area contributed by atoms with E-state index in [0.29, 0.717) is 25.9 Å². The van der Waals surface area contributed by atoms with Gasteiger partial charge < -0.3 is 14.2 Å². The smallest absolute Gasteiger partial charge is 0.410 e. The van der Waals surface area contributed by atoms with Crippen molar-refractivity contribution in [1.82, 2.24) is 14.5 Å². The third kappa shape index (κ3) is 4.08. The van der Waals surface area contributed by atoms with Gasteiger partial charge in [-0.2, -0.15) is 0 Å². The zero-order chi connectivity index (χ0) is 16.3. The zero-order valence-electron chi connectivity index (χ0n) is 13.8. The van der Waals surface area contributed by atoms with Crippen LogP contribution in [0.15, 0.2) is 12.4 Å². The quantitative estimate of drug-likeness (QED) is 0.856. The number of aromatic nitrogens is 2. The molecule has 0 aromatic carbocycles. The van der Waals surface area contributed by atoms with Crippen LogP contribution < -0.4 is 0 Å². The summed E-state index contributed by atoms with van der Waals surface area (Å²) in [6.07, 6.45) is 4.29. The van der Waals surface area contributed by atoms with E-state index in [9.17, 15) is 9.59 Å². The van der Waals surface area contributed by atoms with Gasteiger partial charge in [-0.05, 0) is 34.1 Å². The lowest BCUT2D eigenvalue weighted by Gasteiger charge is -2.24. The minimum Gasteiger partial charge on any atom is -0.444 e. The molecular formula is C16H25N3O3. The molecular weight excluding hydrogens is 282 g/mol. The van der Waals surface area contributed by atoms with E-state index in [2.05, 4.69) is 4.98 Å². The first-order valence-electron chi connectivity index (χ1n) is 7.81. The van der Waals surface area contributed by atoms with Crippen molar-refractivity contribution in [2.24, 2.45) is 5.92 Å². The van der Waals surface area contributed by atoms with Crippen molar-refractivity contribution >= 4 is 11.9 Å². The molecule has 0 aliphatic carbocycles. The van der Waals surface area contributed by atoms with Crippen LogP contribution in [0.4, 0.5) is 4.79 Å². The molecule has 1 aliphatic heterocycles. The first kappa shape index (κ1) is 16.5. The van der Waals surface area contributed by atoms with Crippen LogP contribution >= 0.6 is 0 Å². The molecule has 1 unspecified atom stereocenters. The highest BCUT2D eigenvalue weighted by molar-refractivity contribution is 5.84. The maximum atomic E-state index is 12.4. The van der Waals surface area contributed by atoms with E-state index in [4.69, 9.17) is 4.74 Å². The normalized spacial score (nSPS) is 18.5. The fourth-order valence-electron chi connectivity index (χ4n) is 2.61.